The van der Waals surface area contributed by atoms with Crippen molar-refractivity contribution in [2.24, 2.45) is 0 Å². The maximum Gasteiger partial charge on any atom is 0.254 e. The van der Waals surface area contributed by atoms with E-state index in [2.05, 4.69) is 10.6 Å². The Labute approximate surface area is 158 Å². The van der Waals surface area contributed by atoms with Gasteiger partial charge >= 0.3 is 0 Å². The van der Waals surface area contributed by atoms with Gasteiger partial charge in [0, 0.05) is 37.8 Å². The molecule has 0 aliphatic carbocycles. The fourth-order valence-electron chi connectivity index (χ4n) is 3.02. The first-order valence-electron chi connectivity index (χ1n) is 8.19. The summed E-state index contributed by atoms with van der Waals surface area (Å²) >= 11 is 0. The zero-order valence-corrected chi connectivity index (χ0v) is 15.2. The summed E-state index contributed by atoms with van der Waals surface area (Å²) in [6.07, 6.45) is 0. The van der Waals surface area contributed by atoms with E-state index in [1.165, 1.54) is 19.1 Å². The molecule has 1 saturated heterocycles. The molecule has 0 spiro atoms. The number of carbonyl (C=O) groups excluding carboxylic acids is 2. The molecular formula is C19H21ClFN3O2. The van der Waals surface area contributed by atoms with Gasteiger partial charge in [0.1, 0.15) is 5.82 Å². The molecule has 5 nitrogen and oxygen atoms in total. The van der Waals surface area contributed by atoms with Crippen molar-refractivity contribution in [3.8, 4) is 0 Å². The van der Waals surface area contributed by atoms with E-state index in [9.17, 15) is 14.0 Å². The molecule has 1 atom stereocenters. The Kier molecular flexibility index (Phi) is 6.71. The molecule has 3 rings (SSSR count). The zero-order valence-electron chi connectivity index (χ0n) is 14.4. The molecule has 0 radical (unpaired) electrons. The Balaban J connectivity index is 0.00000243. The molecule has 138 valence electrons. The number of anilines is 1. The second kappa shape index (κ2) is 8.78. The van der Waals surface area contributed by atoms with Gasteiger partial charge in [-0.05, 0) is 42.0 Å². The smallest absolute Gasteiger partial charge is 0.254 e. The van der Waals surface area contributed by atoms with Crippen LogP contribution in [-0.4, -0.2) is 36.3 Å². The normalized spacial score (nSPS) is 16.5. The van der Waals surface area contributed by atoms with E-state index < -0.39 is 0 Å². The highest BCUT2D eigenvalue weighted by Crippen LogP contribution is 2.25. The Bertz CT molecular complexity index is 783. The highest BCUT2D eigenvalue weighted by molar-refractivity contribution is 5.95. The van der Waals surface area contributed by atoms with Gasteiger partial charge in [-0.2, -0.15) is 0 Å². The Morgan fingerprint density at radius 1 is 1.19 bits per heavy atom. The molecule has 1 heterocycles. The van der Waals surface area contributed by atoms with Gasteiger partial charge in [-0.1, -0.05) is 12.1 Å². The number of nitrogens with one attached hydrogen (secondary N) is 2. The molecule has 2 amide bonds. The molecule has 2 aromatic carbocycles. The summed E-state index contributed by atoms with van der Waals surface area (Å²) in [7, 11) is 0. The predicted molar refractivity (Wildman–Crippen MR) is 101 cm³/mol. The highest BCUT2D eigenvalue weighted by Gasteiger charge is 2.28. The minimum atomic E-state index is -0.310. The number of halogens is 2. The quantitative estimate of drug-likeness (QED) is 0.864. The molecule has 2 aromatic rings. The maximum atomic E-state index is 13.6. The fraction of sp³-hybridized carbons (Fsp3) is 0.263. The van der Waals surface area contributed by atoms with Crippen LogP contribution in [0.2, 0.25) is 0 Å². The molecule has 0 aromatic heterocycles. The van der Waals surface area contributed by atoms with Gasteiger partial charge in [-0.25, -0.2) is 4.39 Å². The largest absolute Gasteiger partial charge is 0.329 e. The molecule has 1 unspecified atom stereocenters. The van der Waals surface area contributed by atoms with Crippen molar-refractivity contribution >= 4 is 29.9 Å². The summed E-state index contributed by atoms with van der Waals surface area (Å²) in [4.78, 5) is 25.8. The van der Waals surface area contributed by atoms with Gasteiger partial charge in [0.2, 0.25) is 5.91 Å². The summed E-state index contributed by atoms with van der Waals surface area (Å²) in [5.41, 5.74) is 1.96. The van der Waals surface area contributed by atoms with Crippen molar-refractivity contribution in [1.29, 1.82) is 0 Å². The third-order valence-corrected chi connectivity index (χ3v) is 4.19. The monoisotopic (exact) mass is 377 g/mol. The van der Waals surface area contributed by atoms with Gasteiger partial charge in [-0.3, -0.25) is 9.59 Å². The SMILES string of the molecule is CC(=O)Nc1ccc(C(=O)N2CCNCC2c2cccc(F)c2)cc1.Cl. The van der Waals surface area contributed by atoms with Crippen molar-refractivity contribution in [2.75, 3.05) is 25.0 Å². The number of amides is 2. The number of rotatable bonds is 3. The second-order valence-electron chi connectivity index (χ2n) is 6.03. The average Bonchev–Trinajstić information content (AvgIpc) is 2.61. The van der Waals surface area contributed by atoms with E-state index in [4.69, 9.17) is 0 Å². The highest BCUT2D eigenvalue weighted by atomic mass is 35.5. The number of piperazine rings is 1. The second-order valence-corrected chi connectivity index (χ2v) is 6.03. The number of hydrogen-bond donors (Lipinski definition) is 2. The lowest BCUT2D eigenvalue weighted by Crippen LogP contribution is -2.48. The lowest BCUT2D eigenvalue weighted by Gasteiger charge is -2.36. The molecule has 26 heavy (non-hydrogen) atoms. The minimum Gasteiger partial charge on any atom is -0.329 e. The fourth-order valence-corrected chi connectivity index (χ4v) is 3.02. The summed E-state index contributed by atoms with van der Waals surface area (Å²) in [6, 6.07) is 12.9. The average molecular weight is 378 g/mol. The van der Waals surface area contributed by atoms with Crippen molar-refractivity contribution in [3.63, 3.8) is 0 Å². The number of hydrogen-bond acceptors (Lipinski definition) is 3. The molecule has 0 bridgehead atoms. The molecular weight excluding hydrogens is 357 g/mol. The number of nitrogens with zero attached hydrogens (tertiary/aromatic N) is 1. The van der Waals surface area contributed by atoms with Crippen LogP contribution in [0.15, 0.2) is 48.5 Å². The third kappa shape index (κ3) is 4.59. The molecule has 1 fully saturated rings. The van der Waals surface area contributed by atoms with E-state index >= 15 is 0 Å². The van der Waals surface area contributed by atoms with Crippen LogP contribution in [0.5, 0.6) is 0 Å². The number of benzene rings is 2. The van der Waals surface area contributed by atoms with Gasteiger partial charge in [-0.15, -0.1) is 12.4 Å². The maximum absolute atomic E-state index is 13.6. The van der Waals surface area contributed by atoms with Crippen LogP contribution in [0.4, 0.5) is 10.1 Å². The molecule has 0 saturated carbocycles. The standard InChI is InChI=1S/C19H20FN3O2.ClH/c1-13(24)22-17-7-5-14(6-8-17)19(25)23-10-9-21-12-18(23)15-3-2-4-16(20)11-15;/h2-8,11,18,21H,9-10,12H2,1H3,(H,22,24);1H. The molecule has 2 N–H and O–H groups in total. The van der Waals surface area contributed by atoms with E-state index in [0.29, 0.717) is 30.9 Å². The molecule has 1 aliphatic rings. The molecule has 7 heteroatoms. The summed E-state index contributed by atoms with van der Waals surface area (Å²) in [6.45, 7) is 3.26. The summed E-state index contributed by atoms with van der Waals surface area (Å²) in [5, 5.41) is 5.93. The van der Waals surface area contributed by atoms with Crippen molar-refractivity contribution in [1.82, 2.24) is 10.2 Å². The topological polar surface area (TPSA) is 61.4 Å². The van der Waals surface area contributed by atoms with Crippen LogP contribution in [0.25, 0.3) is 0 Å². The lowest BCUT2D eigenvalue weighted by molar-refractivity contribution is -0.114. The Hall–Kier alpha value is -2.44. The summed E-state index contributed by atoms with van der Waals surface area (Å²) in [5.74, 6) is -0.576. The minimum absolute atomic E-state index is 0. The van der Waals surface area contributed by atoms with Crippen molar-refractivity contribution in [3.05, 3.63) is 65.5 Å². The van der Waals surface area contributed by atoms with Crippen LogP contribution in [-0.2, 0) is 4.79 Å². The van der Waals surface area contributed by atoms with Gasteiger partial charge in [0.05, 0.1) is 6.04 Å². The lowest BCUT2D eigenvalue weighted by atomic mass is 10.0. The third-order valence-electron chi connectivity index (χ3n) is 4.19. The zero-order chi connectivity index (χ0) is 17.8. The predicted octanol–water partition coefficient (Wildman–Crippen LogP) is 2.99. The van der Waals surface area contributed by atoms with Gasteiger partial charge < -0.3 is 15.5 Å². The van der Waals surface area contributed by atoms with E-state index in [1.54, 1.807) is 35.2 Å². The first-order valence-corrected chi connectivity index (χ1v) is 8.19. The van der Waals surface area contributed by atoms with E-state index in [-0.39, 0.29) is 36.1 Å². The van der Waals surface area contributed by atoms with E-state index in [1.807, 2.05) is 6.07 Å². The van der Waals surface area contributed by atoms with Crippen LogP contribution in [0, 0.1) is 5.82 Å². The van der Waals surface area contributed by atoms with Gasteiger partial charge in [0.15, 0.2) is 0 Å². The van der Waals surface area contributed by atoms with Crippen LogP contribution >= 0.6 is 12.4 Å². The van der Waals surface area contributed by atoms with Crippen molar-refractivity contribution in [2.45, 2.75) is 13.0 Å². The van der Waals surface area contributed by atoms with Crippen LogP contribution < -0.4 is 10.6 Å². The Morgan fingerprint density at radius 3 is 2.58 bits per heavy atom. The molecule has 1 aliphatic heterocycles. The first kappa shape index (κ1) is 19.9. The Morgan fingerprint density at radius 2 is 1.92 bits per heavy atom. The van der Waals surface area contributed by atoms with Gasteiger partial charge in [0.25, 0.3) is 5.91 Å². The van der Waals surface area contributed by atoms with Crippen molar-refractivity contribution < 1.29 is 14.0 Å². The van der Waals surface area contributed by atoms with Crippen LogP contribution in [0.3, 0.4) is 0 Å². The van der Waals surface area contributed by atoms with E-state index in [0.717, 1.165) is 5.56 Å². The van der Waals surface area contributed by atoms with Crippen LogP contribution in [0.1, 0.15) is 28.9 Å². The first-order chi connectivity index (χ1) is 12.0. The number of carbonyl (C=O) groups is 2. The summed E-state index contributed by atoms with van der Waals surface area (Å²) < 4.78 is 13.6.